The van der Waals surface area contributed by atoms with E-state index in [1.165, 1.54) is 38.1 Å². The number of carboxylic acid groups (broad SMARTS) is 4. The molecule has 8 amide bonds. The average Bonchev–Trinajstić information content (AvgIpc) is 1.67. The summed E-state index contributed by atoms with van der Waals surface area (Å²) in [5, 5.41) is 101. The third-order valence-corrected chi connectivity index (χ3v) is 19.0. The van der Waals surface area contributed by atoms with Crippen molar-refractivity contribution in [2.24, 2.45) is 5.73 Å². The molecule has 3 heterocycles. The lowest BCUT2D eigenvalue weighted by molar-refractivity contribution is -0.140. The second kappa shape index (κ2) is 43.9. The number of H-pyrrole nitrogens is 1. The number of fused-ring (bicyclic) bond motifs is 1. The highest BCUT2D eigenvalue weighted by Crippen LogP contribution is 2.25. The van der Waals surface area contributed by atoms with Crippen LogP contribution in [0.2, 0.25) is 0 Å². The van der Waals surface area contributed by atoms with E-state index < -0.39 is 158 Å². The second-order valence-electron chi connectivity index (χ2n) is 25.0. The van der Waals surface area contributed by atoms with E-state index in [2.05, 4.69) is 47.5 Å². The largest absolute Gasteiger partial charge is 0.508 e. The van der Waals surface area contributed by atoms with Crippen LogP contribution in [0.5, 0.6) is 5.75 Å². The van der Waals surface area contributed by atoms with Crippen molar-refractivity contribution in [3.8, 4) is 5.75 Å². The highest BCUT2D eigenvalue weighted by atomic mass is 33.1. The van der Waals surface area contributed by atoms with E-state index >= 15 is 14.4 Å². The fourth-order valence-corrected chi connectivity index (χ4v) is 13.4. The van der Waals surface area contributed by atoms with E-state index in [1.807, 2.05) is 0 Å². The van der Waals surface area contributed by atoms with Crippen LogP contribution in [0.25, 0.3) is 10.9 Å². The molecule has 2 aliphatic rings. The van der Waals surface area contributed by atoms with Crippen molar-refractivity contribution in [2.45, 2.75) is 120 Å². The molecule has 0 saturated carbocycles. The number of aliphatic hydroxyl groups excluding tert-OH is 3. The summed E-state index contributed by atoms with van der Waals surface area (Å²) in [6.07, 6.45) is -1.31. The number of aliphatic carboxylic acids is 4. The van der Waals surface area contributed by atoms with Gasteiger partial charge in [0.05, 0.1) is 51.0 Å². The quantitative estimate of drug-likeness (QED) is 0.0215. The van der Waals surface area contributed by atoms with E-state index in [9.17, 15) is 74.1 Å². The Morgan fingerprint density at radius 1 is 0.592 bits per heavy atom. The number of aromatic hydroxyl groups is 1. The van der Waals surface area contributed by atoms with Gasteiger partial charge in [-0.3, -0.25) is 77.1 Å². The number of nitrogens with two attached hydrogens (primary N) is 1. The number of benzene rings is 3. The van der Waals surface area contributed by atoms with Crippen molar-refractivity contribution in [1.29, 1.82) is 0 Å². The Morgan fingerprint density at radius 2 is 1.10 bits per heavy atom. The molecule has 6 rings (SSSR count). The summed E-state index contributed by atoms with van der Waals surface area (Å²) < 4.78 is 0. The monoisotopic (exact) mass is 1480 g/mol. The smallest absolute Gasteiger partial charge is 0.317 e. The number of nitrogens with one attached hydrogen (secondary N) is 9. The molecule has 2 aliphatic heterocycles. The number of carboxylic acids is 4. The van der Waals surface area contributed by atoms with Gasteiger partial charge in [0.1, 0.15) is 48.0 Å². The highest BCUT2D eigenvalue weighted by molar-refractivity contribution is 8.76. The molecule has 103 heavy (non-hydrogen) atoms. The number of amides is 8. The van der Waals surface area contributed by atoms with Crippen LogP contribution >= 0.6 is 21.6 Å². The van der Waals surface area contributed by atoms with Crippen molar-refractivity contribution in [1.82, 2.24) is 67.1 Å². The number of nitrogens with zero attached hydrogens (tertiary/aromatic N) is 4. The van der Waals surface area contributed by atoms with Gasteiger partial charge in [0, 0.05) is 107 Å². The first-order chi connectivity index (χ1) is 49.0. The molecule has 0 bridgehead atoms. The summed E-state index contributed by atoms with van der Waals surface area (Å²) >= 11 is 0. The van der Waals surface area contributed by atoms with Crippen molar-refractivity contribution in [2.75, 3.05) is 103 Å². The van der Waals surface area contributed by atoms with Gasteiger partial charge < -0.3 is 94.1 Å². The Labute approximate surface area is 602 Å². The van der Waals surface area contributed by atoms with Crippen LogP contribution in [-0.4, -0.2) is 300 Å². The number of aromatic amines is 1. The summed E-state index contributed by atoms with van der Waals surface area (Å²) in [5.74, 6) is -12.5. The molecule has 0 unspecified atom stereocenters. The first-order valence-electron chi connectivity index (χ1n) is 33.5. The van der Waals surface area contributed by atoms with Gasteiger partial charge in [-0.1, -0.05) is 82.3 Å². The van der Waals surface area contributed by atoms with Crippen LogP contribution < -0.4 is 48.3 Å². The Balaban J connectivity index is 0.00000464. The number of hydrogen-bond acceptors (Lipinski definition) is 23. The van der Waals surface area contributed by atoms with Crippen molar-refractivity contribution >= 4 is 104 Å². The summed E-state index contributed by atoms with van der Waals surface area (Å²) in [4.78, 5) is 172. The molecule has 10 atom stereocenters. The highest BCUT2D eigenvalue weighted by Gasteiger charge is 2.37. The third kappa shape index (κ3) is 30.5. The first kappa shape index (κ1) is 84.7. The lowest BCUT2D eigenvalue weighted by atomic mass is 10.0. The molecule has 2 saturated heterocycles. The van der Waals surface area contributed by atoms with Gasteiger partial charge in [0.2, 0.25) is 47.3 Å². The lowest BCUT2D eigenvalue weighted by Crippen LogP contribution is -2.62. The second-order valence-corrected chi connectivity index (χ2v) is 27.5. The van der Waals surface area contributed by atoms with Crippen LogP contribution in [0.4, 0.5) is 0 Å². The standard InChI is InChI=1S/C65H92N14O18S2.C2H4O2/c1-39(81)51(36-80)72-64(96)53-38-99-98-37-52(73-60(92)48(28-41-10-4-3-5-11-41)68-54(84)32-76-20-22-77(33-55(85)86)24-26-79(35-57(89)90)27-25-78(23-21-76)34-56(87)88)63(95)70-49(29-42-15-17-44(83)18-16-42)61(93)71-50(30-43-31-67-46-13-7-6-12-45(43)46)62(94)69-47(14-8-9-19-66)59(91)75-58(40(2)82)65(97)74-53;1-2(3)4/h3-7,10-13,15-18,31,39-40,47-53,58,67,80-83H,8-9,14,19-30,32-38,66H2,1-2H3,(H,68,84)(H,69,94)(H,70,95)(H,71,93)(H,72,96)(H,73,92)(H,74,97)(H,75,91)(H,85,86)(H,87,88)(H,89,90);1H3,(H,3,4)/t39-,40-,47+,48-,49+,50-,51-,52+,53+,58+;/m1./s1. The molecule has 3 aromatic carbocycles. The van der Waals surface area contributed by atoms with Gasteiger partial charge in [0.25, 0.3) is 5.97 Å². The predicted octanol–water partition coefficient (Wildman–Crippen LogP) is -3.38. The minimum absolute atomic E-state index is 0.0540. The number of aromatic nitrogens is 1. The van der Waals surface area contributed by atoms with Crippen LogP contribution in [0, 0.1) is 0 Å². The number of unbranched alkanes of at least 4 members (excludes halogenated alkanes) is 1. The zero-order valence-electron chi connectivity index (χ0n) is 57.6. The van der Waals surface area contributed by atoms with Crippen LogP contribution in [0.15, 0.2) is 85.1 Å². The van der Waals surface area contributed by atoms with Crippen molar-refractivity contribution in [3.63, 3.8) is 0 Å². The molecule has 4 aromatic rings. The molecule has 19 N–H and O–H groups in total. The molecule has 34 nitrogen and oxygen atoms in total. The lowest BCUT2D eigenvalue weighted by Gasteiger charge is -2.33. The summed E-state index contributed by atoms with van der Waals surface area (Å²) in [6, 6.07) is 9.21. The van der Waals surface area contributed by atoms with Gasteiger partial charge in [-0.05, 0) is 74.5 Å². The number of rotatable bonds is 26. The number of carbonyl (C=O) groups excluding carboxylic acids is 8. The zero-order chi connectivity index (χ0) is 75.7. The minimum atomic E-state index is -1.77. The maximum atomic E-state index is 15.3. The van der Waals surface area contributed by atoms with E-state index in [0.717, 1.165) is 28.5 Å². The van der Waals surface area contributed by atoms with Crippen molar-refractivity contribution in [3.05, 3.63) is 102 Å². The summed E-state index contributed by atoms with van der Waals surface area (Å²) in [5.41, 5.74) is 8.05. The fraction of sp³-hybridized carbons (Fsp3) is 0.522. The van der Waals surface area contributed by atoms with Gasteiger partial charge >= 0.3 is 17.9 Å². The van der Waals surface area contributed by atoms with Crippen LogP contribution in [0.3, 0.4) is 0 Å². The Hall–Kier alpha value is -8.98. The SMILES string of the molecule is CC(=O)O.C[C@@H](O)[C@@H]1NC(=O)[C@H](CCCCN)NC(=O)[C@@H](Cc2c[nH]c3ccccc23)NC(=O)[C@H](Cc2ccc(O)cc2)NC(=O)[C@@H](NC(=O)[C@@H](Cc2ccccc2)NC(=O)CN2CCN(CC(=O)O)CCN(CC(=O)O)CCN(CC(=O)O)CC2)CSSC[C@@H](C(=O)N[C@H](CO)[C@@H](C)O)NC1=O. The van der Waals surface area contributed by atoms with Crippen LogP contribution in [0.1, 0.15) is 56.7 Å². The molecule has 566 valence electrons. The maximum absolute atomic E-state index is 15.3. The molecule has 2 fully saturated rings. The van der Waals surface area contributed by atoms with E-state index in [1.54, 1.807) is 80.4 Å². The number of hydrogen-bond donors (Lipinski definition) is 18. The molecule has 1 aromatic heterocycles. The minimum Gasteiger partial charge on any atom is -0.508 e. The molecule has 0 aliphatic carbocycles. The molecular weight excluding hydrogens is 1380 g/mol. The van der Waals surface area contributed by atoms with Gasteiger partial charge in [-0.25, -0.2) is 0 Å². The van der Waals surface area contributed by atoms with E-state index in [4.69, 9.17) is 15.6 Å². The maximum Gasteiger partial charge on any atom is 0.317 e. The van der Waals surface area contributed by atoms with Crippen LogP contribution in [-0.2, 0) is 76.8 Å². The summed E-state index contributed by atoms with van der Waals surface area (Å²) in [6.45, 7) is 2.16. The predicted molar refractivity (Wildman–Crippen MR) is 380 cm³/mol. The van der Waals surface area contributed by atoms with Crippen molar-refractivity contribution < 1.29 is 98.4 Å². The third-order valence-electron chi connectivity index (χ3n) is 16.6. The van der Waals surface area contributed by atoms with Gasteiger partial charge in [-0.15, -0.1) is 0 Å². The Bertz CT molecular complexity index is 3430. The van der Waals surface area contributed by atoms with Gasteiger partial charge in [-0.2, -0.15) is 0 Å². The molecule has 36 heteroatoms. The first-order valence-corrected chi connectivity index (χ1v) is 36.0. The fourth-order valence-electron chi connectivity index (χ4n) is 11.1. The number of para-hydroxylation sites is 1. The Kier molecular flexibility index (Phi) is 36.1. The zero-order valence-corrected chi connectivity index (χ0v) is 59.2. The molecular formula is C67H96N14O20S2. The normalized spacial score (nSPS) is 21.4. The van der Waals surface area contributed by atoms with E-state index in [-0.39, 0.29) is 115 Å². The molecule has 0 spiro atoms. The van der Waals surface area contributed by atoms with E-state index in [0.29, 0.717) is 34.0 Å². The van der Waals surface area contributed by atoms with Gasteiger partial charge in [0.15, 0.2) is 0 Å². The average molecular weight is 1480 g/mol. The summed E-state index contributed by atoms with van der Waals surface area (Å²) in [7, 11) is 1.81. The topological polar surface area (TPSA) is 518 Å². The number of phenolic OH excluding ortho intramolecular Hbond substituents is 1. The number of aliphatic hydroxyl groups is 3. The number of carbonyl (C=O) groups is 12. The molecule has 0 radical (unpaired) electrons. The Morgan fingerprint density at radius 3 is 1.63 bits per heavy atom. The number of phenols is 1.